The van der Waals surface area contributed by atoms with Crippen LogP contribution in [0.3, 0.4) is 0 Å². The Labute approximate surface area is 178 Å². The van der Waals surface area contributed by atoms with E-state index in [1.807, 2.05) is 0 Å². The lowest BCUT2D eigenvalue weighted by Crippen LogP contribution is -2.55. The summed E-state index contributed by atoms with van der Waals surface area (Å²) in [5.74, 6) is -3.89. The lowest BCUT2D eigenvalue weighted by molar-refractivity contribution is -0.143. The summed E-state index contributed by atoms with van der Waals surface area (Å²) in [5, 5.41) is 23.0. The Hall–Kier alpha value is -3.73. The van der Waals surface area contributed by atoms with E-state index in [9.17, 15) is 24.3 Å². The minimum atomic E-state index is -1.41. The molecule has 11 heteroatoms. The number of hydrogen-bond donors (Lipinski definition) is 6. The van der Waals surface area contributed by atoms with Gasteiger partial charge in [-0.25, -0.2) is 9.78 Å². The standard InChI is InChI=1S/C20H25N5O6/c21-14(9-13-10-22-11-23-13)18(28)25-16(8-12-4-2-1-3-5-12)19(29)24-15(20(30)31)6-7-17(26)27/h1-5,10-11,14-16H,6-9,21H2,(H,22,23)(H,24,29)(H,25,28)(H,26,27)(H,30,31). The molecule has 0 saturated heterocycles. The molecule has 31 heavy (non-hydrogen) atoms. The molecule has 0 spiro atoms. The van der Waals surface area contributed by atoms with Gasteiger partial charge in [0.15, 0.2) is 0 Å². The molecule has 166 valence electrons. The summed E-state index contributed by atoms with van der Waals surface area (Å²) < 4.78 is 0. The summed E-state index contributed by atoms with van der Waals surface area (Å²) >= 11 is 0. The van der Waals surface area contributed by atoms with E-state index in [0.717, 1.165) is 5.56 Å². The van der Waals surface area contributed by atoms with Gasteiger partial charge in [0.2, 0.25) is 11.8 Å². The number of H-pyrrole nitrogens is 1. The van der Waals surface area contributed by atoms with Gasteiger partial charge in [-0.15, -0.1) is 0 Å². The normalized spacial score (nSPS) is 13.6. The van der Waals surface area contributed by atoms with Crippen molar-refractivity contribution < 1.29 is 29.4 Å². The van der Waals surface area contributed by atoms with Gasteiger partial charge in [-0.3, -0.25) is 14.4 Å². The zero-order chi connectivity index (χ0) is 22.8. The summed E-state index contributed by atoms with van der Waals surface area (Å²) in [4.78, 5) is 54.2. The highest BCUT2D eigenvalue weighted by Crippen LogP contribution is 2.06. The smallest absolute Gasteiger partial charge is 0.326 e. The predicted molar refractivity (Wildman–Crippen MR) is 109 cm³/mol. The number of aliphatic carboxylic acids is 2. The van der Waals surface area contributed by atoms with E-state index in [2.05, 4.69) is 20.6 Å². The molecule has 3 unspecified atom stereocenters. The fourth-order valence-electron chi connectivity index (χ4n) is 2.86. The number of carbonyl (C=O) groups excluding carboxylic acids is 2. The Bertz CT molecular complexity index is 887. The van der Waals surface area contributed by atoms with Crippen molar-refractivity contribution in [1.29, 1.82) is 0 Å². The average Bonchev–Trinajstić information content (AvgIpc) is 3.23. The number of aromatic nitrogens is 2. The molecule has 0 saturated carbocycles. The first-order valence-electron chi connectivity index (χ1n) is 9.58. The largest absolute Gasteiger partial charge is 0.481 e. The maximum atomic E-state index is 12.8. The number of carboxylic acids is 2. The number of benzene rings is 1. The van der Waals surface area contributed by atoms with Crippen molar-refractivity contribution in [2.45, 2.75) is 43.8 Å². The molecule has 0 fully saturated rings. The summed E-state index contributed by atoms with van der Waals surface area (Å²) in [7, 11) is 0. The molecule has 2 rings (SSSR count). The molecular weight excluding hydrogens is 406 g/mol. The van der Waals surface area contributed by atoms with E-state index in [-0.39, 0.29) is 19.3 Å². The molecule has 2 amide bonds. The highest BCUT2D eigenvalue weighted by Gasteiger charge is 2.28. The van der Waals surface area contributed by atoms with Crippen molar-refractivity contribution >= 4 is 23.8 Å². The van der Waals surface area contributed by atoms with Gasteiger partial charge in [0.1, 0.15) is 12.1 Å². The lowest BCUT2D eigenvalue weighted by Gasteiger charge is -2.23. The summed E-state index contributed by atoms with van der Waals surface area (Å²) in [6, 6.07) is 5.38. The van der Waals surface area contributed by atoms with Crippen LogP contribution in [0.4, 0.5) is 0 Å². The van der Waals surface area contributed by atoms with Gasteiger partial charge in [0, 0.05) is 31.2 Å². The van der Waals surface area contributed by atoms with E-state index in [4.69, 9.17) is 10.8 Å². The van der Waals surface area contributed by atoms with Crippen LogP contribution < -0.4 is 16.4 Å². The second-order valence-corrected chi connectivity index (χ2v) is 6.97. The summed E-state index contributed by atoms with van der Waals surface area (Å²) in [6.45, 7) is 0. The number of rotatable bonds is 12. The number of hydrogen-bond acceptors (Lipinski definition) is 6. The van der Waals surface area contributed by atoms with Crippen molar-refractivity contribution in [3.63, 3.8) is 0 Å². The third-order valence-corrected chi connectivity index (χ3v) is 4.51. The van der Waals surface area contributed by atoms with Gasteiger partial charge in [-0.1, -0.05) is 30.3 Å². The van der Waals surface area contributed by atoms with Gasteiger partial charge < -0.3 is 31.6 Å². The maximum absolute atomic E-state index is 12.8. The van der Waals surface area contributed by atoms with Gasteiger partial charge in [0.25, 0.3) is 0 Å². The number of carboxylic acid groups (broad SMARTS) is 2. The lowest BCUT2D eigenvalue weighted by atomic mass is 10.0. The van der Waals surface area contributed by atoms with Crippen molar-refractivity contribution in [3.8, 4) is 0 Å². The Kier molecular flexibility index (Phi) is 8.70. The van der Waals surface area contributed by atoms with Crippen LogP contribution in [0.15, 0.2) is 42.9 Å². The van der Waals surface area contributed by atoms with Crippen molar-refractivity contribution in [2.24, 2.45) is 5.73 Å². The van der Waals surface area contributed by atoms with E-state index >= 15 is 0 Å². The van der Waals surface area contributed by atoms with E-state index < -0.39 is 48.3 Å². The maximum Gasteiger partial charge on any atom is 0.326 e. The topological polar surface area (TPSA) is 187 Å². The first-order chi connectivity index (χ1) is 14.8. The number of aromatic amines is 1. The number of amides is 2. The number of nitrogens with one attached hydrogen (secondary N) is 3. The minimum Gasteiger partial charge on any atom is -0.481 e. The molecule has 7 N–H and O–H groups in total. The fraction of sp³-hybridized carbons (Fsp3) is 0.350. The number of imidazole rings is 1. The number of nitrogens with two attached hydrogens (primary N) is 1. The molecule has 11 nitrogen and oxygen atoms in total. The van der Waals surface area contributed by atoms with Crippen LogP contribution in [0.1, 0.15) is 24.1 Å². The Balaban J connectivity index is 2.10. The first-order valence-corrected chi connectivity index (χ1v) is 9.58. The Morgan fingerprint density at radius 1 is 1.00 bits per heavy atom. The van der Waals surface area contributed by atoms with Crippen molar-refractivity contribution in [2.75, 3.05) is 0 Å². The first kappa shape index (κ1) is 23.5. The van der Waals surface area contributed by atoms with Crippen LogP contribution in [-0.4, -0.2) is 62.1 Å². The SMILES string of the molecule is NC(Cc1cnc[nH]1)C(=O)NC(Cc1ccccc1)C(=O)NC(CCC(=O)O)C(=O)O. The predicted octanol–water partition coefficient (Wildman–Crippen LogP) is -0.559. The molecule has 1 aromatic heterocycles. The third-order valence-electron chi connectivity index (χ3n) is 4.51. The van der Waals surface area contributed by atoms with E-state index in [1.54, 1.807) is 30.3 Å². The molecule has 0 aliphatic heterocycles. The Morgan fingerprint density at radius 3 is 2.26 bits per heavy atom. The molecule has 2 aromatic rings. The molecule has 1 aromatic carbocycles. The van der Waals surface area contributed by atoms with Crippen molar-refractivity contribution in [3.05, 3.63) is 54.1 Å². The van der Waals surface area contributed by atoms with Crippen LogP contribution in [0.25, 0.3) is 0 Å². The second kappa shape index (κ2) is 11.5. The highest BCUT2D eigenvalue weighted by atomic mass is 16.4. The molecule has 0 bridgehead atoms. The fourth-order valence-corrected chi connectivity index (χ4v) is 2.86. The second-order valence-electron chi connectivity index (χ2n) is 6.97. The van der Waals surface area contributed by atoms with Gasteiger partial charge in [-0.2, -0.15) is 0 Å². The Morgan fingerprint density at radius 2 is 1.68 bits per heavy atom. The van der Waals surface area contributed by atoms with Crippen molar-refractivity contribution in [1.82, 2.24) is 20.6 Å². The summed E-state index contributed by atoms with van der Waals surface area (Å²) in [6.07, 6.45) is 2.53. The highest BCUT2D eigenvalue weighted by molar-refractivity contribution is 5.92. The van der Waals surface area contributed by atoms with Crippen LogP contribution >= 0.6 is 0 Å². The van der Waals surface area contributed by atoms with E-state index in [1.165, 1.54) is 12.5 Å². The molecule has 0 radical (unpaired) electrons. The van der Waals surface area contributed by atoms with Crippen LogP contribution in [0.2, 0.25) is 0 Å². The quantitative estimate of drug-likeness (QED) is 0.258. The van der Waals surface area contributed by atoms with Gasteiger partial charge in [-0.05, 0) is 12.0 Å². The summed E-state index contributed by atoms with van der Waals surface area (Å²) in [5.41, 5.74) is 7.31. The van der Waals surface area contributed by atoms with Gasteiger partial charge in [0.05, 0.1) is 12.4 Å². The number of carbonyl (C=O) groups is 4. The molecule has 3 atom stereocenters. The average molecular weight is 431 g/mol. The monoisotopic (exact) mass is 431 g/mol. The molecule has 1 heterocycles. The molecular formula is C20H25N5O6. The van der Waals surface area contributed by atoms with Gasteiger partial charge >= 0.3 is 11.9 Å². The zero-order valence-corrected chi connectivity index (χ0v) is 16.7. The van der Waals surface area contributed by atoms with Crippen LogP contribution in [0, 0.1) is 0 Å². The van der Waals surface area contributed by atoms with Crippen LogP contribution in [0.5, 0.6) is 0 Å². The van der Waals surface area contributed by atoms with E-state index in [0.29, 0.717) is 5.69 Å². The molecule has 0 aliphatic rings. The zero-order valence-electron chi connectivity index (χ0n) is 16.7. The molecule has 0 aliphatic carbocycles. The minimum absolute atomic E-state index is 0.0977. The third kappa shape index (κ3) is 7.90. The van der Waals surface area contributed by atoms with Crippen LogP contribution in [-0.2, 0) is 32.0 Å². The number of nitrogens with zero attached hydrogens (tertiary/aromatic N) is 1.